The van der Waals surface area contributed by atoms with Crippen LogP contribution in [0.5, 0.6) is 0 Å². The van der Waals surface area contributed by atoms with Crippen LogP contribution in [0.25, 0.3) is 0 Å². The minimum absolute atomic E-state index is 0.102. The van der Waals surface area contributed by atoms with Crippen molar-refractivity contribution in [3.8, 4) is 0 Å². The second-order valence-corrected chi connectivity index (χ2v) is 12.4. The first-order valence-electron chi connectivity index (χ1n) is 12.3. The summed E-state index contributed by atoms with van der Waals surface area (Å²) in [5, 5.41) is 23.2. The number of carbonyl (C=O) groups is 3. The highest BCUT2D eigenvalue weighted by atomic mass is 19.1. The molecule has 8 atom stereocenters. The SMILES string of the molecule is C[C@@H]1C[C@H]2[C@@H]3CCC4=CC(=O)C=C[C@]4(C)[C@@]3(F)C(O)C[C@]2(C)[C@@]1(O)C(=O)COC(=O)C(C)(C)C. The van der Waals surface area contributed by atoms with E-state index >= 15 is 4.39 Å². The highest BCUT2D eigenvalue weighted by molar-refractivity contribution is 6.01. The molecule has 3 saturated carbocycles. The van der Waals surface area contributed by atoms with Gasteiger partial charge in [-0.3, -0.25) is 14.4 Å². The largest absolute Gasteiger partial charge is 0.457 e. The quantitative estimate of drug-likeness (QED) is 0.605. The molecule has 0 bridgehead atoms. The minimum atomic E-state index is -2.02. The van der Waals surface area contributed by atoms with Gasteiger partial charge in [0.05, 0.1) is 11.5 Å². The van der Waals surface area contributed by atoms with Gasteiger partial charge in [0.2, 0.25) is 5.78 Å². The summed E-state index contributed by atoms with van der Waals surface area (Å²) < 4.78 is 22.4. The van der Waals surface area contributed by atoms with E-state index in [0.29, 0.717) is 24.8 Å². The van der Waals surface area contributed by atoms with Crippen LogP contribution in [0.1, 0.15) is 67.2 Å². The number of esters is 1. The van der Waals surface area contributed by atoms with Crippen LogP contribution in [0.15, 0.2) is 23.8 Å². The topological polar surface area (TPSA) is 101 Å². The molecule has 4 aliphatic carbocycles. The van der Waals surface area contributed by atoms with Gasteiger partial charge in [0.1, 0.15) is 5.60 Å². The van der Waals surface area contributed by atoms with Crippen molar-refractivity contribution in [3.05, 3.63) is 23.8 Å². The van der Waals surface area contributed by atoms with Gasteiger partial charge in [0.15, 0.2) is 18.1 Å². The van der Waals surface area contributed by atoms with E-state index in [4.69, 9.17) is 4.74 Å². The van der Waals surface area contributed by atoms with E-state index in [9.17, 15) is 24.6 Å². The van der Waals surface area contributed by atoms with Crippen molar-refractivity contribution >= 4 is 17.5 Å². The fourth-order valence-electron chi connectivity index (χ4n) is 7.60. The third-order valence-corrected chi connectivity index (χ3v) is 9.59. The molecule has 34 heavy (non-hydrogen) atoms. The minimum Gasteiger partial charge on any atom is -0.457 e. The van der Waals surface area contributed by atoms with Crippen LogP contribution < -0.4 is 0 Å². The van der Waals surface area contributed by atoms with Gasteiger partial charge >= 0.3 is 5.97 Å². The lowest BCUT2D eigenvalue weighted by molar-refractivity contribution is -0.220. The number of allylic oxidation sites excluding steroid dienone is 4. The number of fused-ring (bicyclic) bond motifs is 5. The maximum atomic E-state index is 17.1. The average molecular weight is 477 g/mol. The fraction of sp³-hybridized carbons (Fsp3) is 0.741. The van der Waals surface area contributed by atoms with Gasteiger partial charge in [0.25, 0.3) is 0 Å². The molecule has 4 rings (SSSR count). The molecule has 0 aliphatic heterocycles. The van der Waals surface area contributed by atoms with Crippen molar-refractivity contribution in [3.63, 3.8) is 0 Å². The number of ether oxygens (including phenoxy) is 1. The van der Waals surface area contributed by atoms with Crippen LogP contribution in [0.2, 0.25) is 0 Å². The lowest BCUT2D eigenvalue weighted by atomic mass is 9.44. The molecular weight excluding hydrogens is 439 g/mol. The van der Waals surface area contributed by atoms with E-state index in [1.54, 1.807) is 47.6 Å². The Morgan fingerprint density at radius 1 is 1.24 bits per heavy atom. The van der Waals surface area contributed by atoms with Crippen molar-refractivity contribution in [2.24, 2.45) is 34.0 Å². The number of halogens is 1. The number of ketones is 2. The second-order valence-electron chi connectivity index (χ2n) is 12.4. The summed E-state index contributed by atoms with van der Waals surface area (Å²) in [6.07, 6.45) is 4.27. The normalized spacial score (nSPS) is 45.7. The predicted molar refractivity (Wildman–Crippen MR) is 123 cm³/mol. The molecule has 6 nitrogen and oxygen atoms in total. The lowest BCUT2D eigenvalue weighted by Gasteiger charge is -2.62. The predicted octanol–water partition coefficient (Wildman–Crippen LogP) is 3.49. The molecule has 188 valence electrons. The van der Waals surface area contributed by atoms with Crippen molar-refractivity contribution in [1.29, 1.82) is 0 Å². The molecule has 2 N–H and O–H groups in total. The summed E-state index contributed by atoms with van der Waals surface area (Å²) >= 11 is 0. The monoisotopic (exact) mass is 476 g/mol. The first-order chi connectivity index (χ1) is 15.5. The van der Waals surface area contributed by atoms with Crippen LogP contribution in [0.3, 0.4) is 0 Å². The first kappa shape index (κ1) is 25.2. The third kappa shape index (κ3) is 3.08. The molecule has 0 heterocycles. The Kier molecular flexibility index (Phi) is 5.62. The molecule has 0 spiro atoms. The fourth-order valence-corrected chi connectivity index (χ4v) is 7.60. The van der Waals surface area contributed by atoms with Gasteiger partial charge in [-0.15, -0.1) is 0 Å². The summed E-state index contributed by atoms with van der Waals surface area (Å²) in [5.74, 6) is -2.77. The highest BCUT2D eigenvalue weighted by Crippen LogP contribution is 2.70. The second kappa shape index (κ2) is 7.57. The molecule has 0 amide bonds. The number of carbonyl (C=O) groups excluding carboxylic acids is 3. The van der Waals surface area contributed by atoms with Gasteiger partial charge in [-0.25, -0.2) is 4.39 Å². The number of aliphatic hydroxyl groups excluding tert-OH is 1. The molecule has 0 saturated heterocycles. The van der Waals surface area contributed by atoms with Crippen molar-refractivity contribution in [2.45, 2.75) is 84.6 Å². The van der Waals surface area contributed by atoms with Gasteiger partial charge in [0, 0.05) is 16.7 Å². The Balaban J connectivity index is 1.69. The Morgan fingerprint density at radius 3 is 2.50 bits per heavy atom. The zero-order chi connectivity index (χ0) is 25.5. The number of alkyl halides is 1. The van der Waals surface area contributed by atoms with Gasteiger partial charge < -0.3 is 14.9 Å². The molecule has 0 aromatic rings. The van der Waals surface area contributed by atoms with E-state index in [1.807, 2.05) is 0 Å². The smallest absolute Gasteiger partial charge is 0.311 e. The average Bonchev–Trinajstić information content (AvgIpc) is 2.94. The standard InChI is InChI=1S/C27H37FO6/c1-15-11-19-18-8-7-16-12-17(29)9-10-24(16,5)26(18,28)20(30)13-25(19,6)27(15,33)21(31)14-34-22(32)23(2,3)4/h9-10,12,15,18-20,30,33H,7-8,11,13-14H2,1-6H3/t15-,18+,19+,20?,24+,25+,26+,27+/m1/s1. The zero-order valence-corrected chi connectivity index (χ0v) is 21.0. The highest BCUT2D eigenvalue weighted by Gasteiger charge is 2.75. The molecule has 7 heteroatoms. The summed E-state index contributed by atoms with van der Waals surface area (Å²) in [6.45, 7) is 9.76. The Morgan fingerprint density at radius 2 is 1.88 bits per heavy atom. The summed E-state index contributed by atoms with van der Waals surface area (Å²) in [5.41, 5.74) is -6.18. The summed E-state index contributed by atoms with van der Waals surface area (Å²) in [7, 11) is 0. The van der Waals surface area contributed by atoms with Crippen LogP contribution in [-0.2, 0) is 19.1 Å². The molecule has 0 aromatic heterocycles. The Labute approximate surface area is 200 Å². The van der Waals surface area contributed by atoms with Crippen molar-refractivity contribution < 1.29 is 33.7 Å². The number of aliphatic hydroxyl groups is 2. The number of rotatable bonds is 3. The first-order valence-corrected chi connectivity index (χ1v) is 12.3. The number of hydrogen-bond acceptors (Lipinski definition) is 6. The Hall–Kier alpha value is -1.86. The molecular formula is C27H37FO6. The number of hydrogen-bond donors (Lipinski definition) is 2. The molecule has 1 unspecified atom stereocenters. The zero-order valence-electron chi connectivity index (χ0n) is 21.0. The third-order valence-electron chi connectivity index (χ3n) is 9.59. The molecule has 4 aliphatic rings. The van der Waals surface area contributed by atoms with E-state index in [1.165, 1.54) is 12.2 Å². The maximum absolute atomic E-state index is 17.1. The van der Waals surface area contributed by atoms with E-state index in [-0.39, 0.29) is 18.1 Å². The van der Waals surface area contributed by atoms with E-state index < -0.39 is 63.8 Å². The van der Waals surface area contributed by atoms with Crippen LogP contribution in [0, 0.1) is 34.0 Å². The molecule has 3 fully saturated rings. The van der Waals surface area contributed by atoms with Crippen LogP contribution >= 0.6 is 0 Å². The summed E-state index contributed by atoms with van der Waals surface area (Å²) in [4.78, 5) is 37.6. The lowest BCUT2D eigenvalue weighted by Crippen LogP contribution is -2.69. The van der Waals surface area contributed by atoms with Crippen LogP contribution in [0.4, 0.5) is 4.39 Å². The van der Waals surface area contributed by atoms with Gasteiger partial charge in [-0.1, -0.05) is 25.5 Å². The summed E-state index contributed by atoms with van der Waals surface area (Å²) in [6, 6.07) is 0. The molecule has 0 aromatic carbocycles. The van der Waals surface area contributed by atoms with Gasteiger partial charge in [-0.2, -0.15) is 0 Å². The molecule has 0 radical (unpaired) electrons. The number of Topliss-reactive ketones (excluding diaryl/α,β-unsaturated/α-hetero) is 1. The van der Waals surface area contributed by atoms with Crippen molar-refractivity contribution in [2.75, 3.05) is 6.61 Å². The van der Waals surface area contributed by atoms with E-state index in [2.05, 4.69) is 0 Å². The van der Waals surface area contributed by atoms with E-state index in [0.717, 1.165) is 0 Å². The van der Waals surface area contributed by atoms with Gasteiger partial charge in [-0.05, 0) is 77.4 Å². The van der Waals surface area contributed by atoms with Crippen molar-refractivity contribution in [1.82, 2.24) is 0 Å². The van der Waals surface area contributed by atoms with Crippen LogP contribution in [-0.4, -0.2) is 51.7 Å². The Bertz CT molecular complexity index is 994. The maximum Gasteiger partial charge on any atom is 0.311 e.